The molecule has 0 saturated heterocycles. The molecule has 0 aliphatic carbocycles. The molecule has 2 heteroatoms. The molecule has 0 aromatic rings. The van der Waals surface area contributed by atoms with Gasteiger partial charge in [0.2, 0.25) is 0 Å². The van der Waals surface area contributed by atoms with E-state index in [2.05, 4.69) is 38.3 Å². The van der Waals surface area contributed by atoms with Gasteiger partial charge in [-0.15, -0.1) is 0 Å². The number of hydrogen-bond acceptors (Lipinski definition) is 2. The van der Waals surface area contributed by atoms with E-state index in [4.69, 9.17) is 0 Å². The van der Waals surface area contributed by atoms with Crippen molar-refractivity contribution in [1.82, 2.24) is 10.6 Å². The molecule has 0 radical (unpaired) electrons. The van der Waals surface area contributed by atoms with Crippen molar-refractivity contribution in [2.24, 2.45) is 5.92 Å². The summed E-state index contributed by atoms with van der Waals surface area (Å²) in [6.07, 6.45) is 4.05. The van der Waals surface area contributed by atoms with Gasteiger partial charge in [-0.1, -0.05) is 40.5 Å². The Hall–Kier alpha value is -0.0800. The average molecular weight is 200 g/mol. The molecule has 0 aromatic heterocycles. The summed E-state index contributed by atoms with van der Waals surface area (Å²) < 4.78 is 0. The molecule has 14 heavy (non-hydrogen) atoms. The minimum Gasteiger partial charge on any atom is -0.315 e. The Morgan fingerprint density at radius 3 is 2.14 bits per heavy atom. The van der Waals surface area contributed by atoms with Crippen LogP contribution in [0.1, 0.15) is 47.0 Å². The van der Waals surface area contributed by atoms with Crippen molar-refractivity contribution in [2.75, 3.05) is 19.6 Å². The van der Waals surface area contributed by atoms with E-state index >= 15 is 0 Å². The molecule has 0 bridgehead atoms. The molecular formula is C12H28N2. The summed E-state index contributed by atoms with van der Waals surface area (Å²) in [7, 11) is 0. The Kier molecular flexibility index (Phi) is 9.42. The summed E-state index contributed by atoms with van der Waals surface area (Å²) in [5, 5.41) is 6.84. The third-order valence-electron chi connectivity index (χ3n) is 2.24. The highest BCUT2D eigenvalue weighted by Crippen LogP contribution is 2.04. The number of nitrogens with one attached hydrogen (secondary N) is 2. The molecule has 0 aromatic carbocycles. The topological polar surface area (TPSA) is 24.1 Å². The first-order valence-corrected chi connectivity index (χ1v) is 6.07. The van der Waals surface area contributed by atoms with Gasteiger partial charge >= 0.3 is 0 Å². The molecule has 0 atom stereocenters. The second-order valence-corrected chi connectivity index (χ2v) is 4.75. The molecule has 2 N–H and O–H groups in total. The van der Waals surface area contributed by atoms with Crippen LogP contribution in [0.25, 0.3) is 0 Å². The first-order chi connectivity index (χ1) is 6.63. The fraction of sp³-hybridized carbons (Fsp3) is 1.00. The van der Waals surface area contributed by atoms with Gasteiger partial charge < -0.3 is 10.6 Å². The molecular weight excluding hydrogens is 172 g/mol. The van der Waals surface area contributed by atoms with E-state index in [1.165, 1.54) is 25.8 Å². The Labute approximate surface area is 89.9 Å². The maximum absolute atomic E-state index is 3.45. The lowest BCUT2D eigenvalue weighted by atomic mass is 10.1. The Morgan fingerprint density at radius 2 is 1.57 bits per heavy atom. The van der Waals surface area contributed by atoms with Gasteiger partial charge in [0.25, 0.3) is 0 Å². The average Bonchev–Trinajstić information content (AvgIpc) is 2.08. The predicted octanol–water partition coefficient (Wildman–Crippen LogP) is 2.40. The Balaban J connectivity index is 2.92. The number of hydrogen-bond donors (Lipinski definition) is 2. The first kappa shape index (κ1) is 13.9. The molecule has 0 unspecified atom stereocenters. The lowest BCUT2D eigenvalue weighted by Crippen LogP contribution is -2.31. The van der Waals surface area contributed by atoms with Crippen LogP contribution in [0.4, 0.5) is 0 Å². The zero-order valence-electron chi connectivity index (χ0n) is 10.4. The van der Waals surface area contributed by atoms with Crippen LogP contribution in [-0.2, 0) is 0 Å². The van der Waals surface area contributed by atoms with Gasteiger partial charge in [-0.25, -0.2) is 0 Å². The lowest BCUT2D eigenvalue weighted by molar-refractivity contribution is 0.509. The standard InChI is InChI=1S/C12H28N2/c1-11(2)7-5-6-8-13-9-10-14-12(3)4/h11-14H,5-10H2,1-4H3. The molecule has 0 aliphatic rings. The van der Waals surface area contributed by atoms with E-state index in [0.717, 1.165) is 19.0 Å². The molecule has 86 valence electrons. The van der Waals surface area contributed by atoms with Gasteiger partial charge in [-0.2, -0.15) is 0 Å². The normalized spacial score (nSPS) is 11.6. The molecule has 0 aliphatic heterocycles. The van der Waals surface area contributed by atoms with Gasteiger partial charge in [0.05, 0.1) is 0 Å². The van der Waals surface area contributed by atoms with E-state index in [0.29, 0.717) is 6.04 Å². The van der Waals surface area contributed by atoms with Crippen LogP contribution in [0.2, 0.25) is 0 Å². The monoisotopic (exact) mass is 200 g/mol. The Bertz CT molecular complexity index is 96.9. The Morgan fingerprint density at radius 1 is 0.857 bits per heavy atom. The quantitative estimate of drug-likeness (QED) is 0.559. The first-order valence-electron chi connectivity index (χ1n) is 6.07. The highest BCUT2D eigenvalue weighted by molar-refractivity contribution is 4.56. The van der Waals surface area contributed by atoms with Gasteiger partial charge in [0.1, 0.15) is 0 Å². The third kappa shape index (κ3) is 11.9. The lowest BCUT2D eigenvalue weighted by Gasteiger charge is -2.09. The van der Waals surface area contributed by atoms with E-state index in [-0.39, 0.29) is 0 Å². The van der Waals surface area contributed by atoms with E-state index in [9.17, 15) is 0 Å². The van der Waals surface area contributed by atoms with Crippen LogP contribution >= 0.6 is 0 Å². The van der Waals surface area contributed by atoms with Crippen molar-refractivity contribution in [3.63, 3.8) is 0 Å². The van der Waals surface area contributed by atoms with Crippen molar-refractivity contribution in [3.8, 4) is 0 Å². The molecule has 0 spiro atoms. The maximum Gasteiger partial charge on any atom is 0.00790 e. The van der Waals surface area contributed by atoms with Crippen molar-refractivity contribution in [3.05, 3.63) is 0 Å². The summed E-state index contributed by atoms with van der Waals surface area (Å²) >= 11 is 0. The van der Waals surface area contributed by atoms with Crippen LogP contribution in [0.5, 0.6) is 0 Å². The molecule has 0 fully saturated rings. The molecule has 0 rings (SSSR count). The highest BCUT2D eigenvalue weighted by atomic mass is 14.9. The van der Waals surface area contributed by atoms with Crippen molar-refractivity contribution in [1.29, 1.82) is 0 Å². The predicted molar refractivity (Wildman–Crippen MR) is 64.7 cm³/mol. The second-order valence-electron chi connectivity index (χ2n) is 4.75. The van der Waals surface area contributed by atoms with Gasteiger partial charge in [-0.05, 0) is 18.9 Å². The number of rotatable bonds is 9. The summed E-state index contributed by atoms with van der Waals surface area (Å²) in [6, 6.07) is 0.609. The smallest absolute Gasteiger partial charge is 0.00790 e. The van der Waals surface area contributed by atoms with E-state index < -0.39 is 0 Å². The van der Waals surface area contributed by atoms with Crippen LogP contribution in [0, 0.1) is 5.92 Å². The van der Waals surface area contributed by atoms with Crippen molar-refractivity contribution < 1.29 is 0 Å². The van der Waals surface area contributed by atoms with Crippen LogP contribution in [-0.4, -0.2) is 25.7 Å². The van der Waals surface area contributed by atoms with Crippen LogP contribution in [0.15, 0.2) is 0 Å². The zero-order valence-corrected chi connectivity index (χ0v) is 10.4. The van der Waals surface area contributed by atoms with Crippen LogP contribution < -0.4 is 10.6 Å². The minimum atomic E-state index is 0.609. The van der Waals surface area contributed by atoms with Gasteiger partial charge in [0.15, 0.2) is 0 Å². The van der Waals surface area contributed by atoms with Gasteiger partial charge in [0, 0.05) is 19.1 Å². The second kappa shape index (κ2) is 9.47. The fourth-order valence-corrected chi connectivity index (χ4v) is 1.38. The molecule has 0 saturated carbocycles. The van der Waals surface area contributed by atoms with E-state index in [1.54, 1.807) is 0 Å². The van der Waals surface area contributed by atoms with E-state index in [1.807, 2.05) is 0 Å². The third-order valence-corrected chi connectivity index (χ3v) is 2.24. The molecule has 0 amide bonds. The largest absolute Gasteiger partial charge is 0.315 e. The summed E-state index contributed by atoms with van der Waals surface area (Å²) in [5.41, 5.74) is 0. The SMILES string of the molecule is CC(C)CCCCNCCNC(C)C. The summed E-state index contributed by atoms with van der Waals surface area (Å²) in [5.74, 6) is 0.859. The molecule has 2 nitrogen and oxygen atoms in total. The minimum absolute atomic E-state index is 0.609. The maximum atomic E-state index is 3.45. The molecule has 0 heterocycles. The van der Waals surface area contributed by atoms with Gasteiger partial charge in [-0.3, -0.25) is 0 Å². The van der Waals surface area contributed by atoms with Crippen molar-refractivity contribution in [2.45, 2.75) is 53.0 Å². The summed E-state index contributed by atoms with van der Waals surface area (Å²) in [6.45, 7) is 12.3. The fourth-order valence-electron chi connectivity index (χ4n) is 1.38. The zero-order chi connectivity index (χ0) is 10.8. The van der Waals surface area contributed by atoms with Crippen molar-refractivity contribution >= 4 is 0 Å². The number of unbranched alkanes of at least 4 members (excludes halogenated alkanes) is 1. The highest BCUT2D eigenvalue weighted by Gasteiger charge is 1.94. The summed E-state index contributed by atoms with van der Waals surface area (Å²) in [4.78, 5) is 0. The van der Waals surface area contributed by atoms with Crippen LogP contribution in [0.3, 0.4) is 0 Å².